The molecule has 0 fully saturated rings. The lowest BCUT2D eigenvalue weighted by molar-refractivity contribution is 0.517. The average Bonchev–Trinajstić information content (AvgIpc) is 2.79. The first-order chi connectivity index (χ1) is 15.0. The summed E-state index contributed by atoms with van der Waals surface area (Å²) in [5.41, 5.74) is 3.80. The summed E-state index contributed by atoms with van der Waals surface area (Å²) in [6.07, 6.45) is 3.74. The van der Waals surface area contributed by atoms with E-state index in [0.29, 0.717) is 10.9 Å². The van der Waals surface area contributed by atoms with Gasteiger partial charge in [0, 0.05) is 10.9 Å². The Balaban J connectivity index is 1.57. The van der Waals surface area contributed by atoms with Crippen LogP contribution < -0.4 is 0 Å². The SMILES string of the molecule is C=CCCc1ccc(-c2ccc(C#Cc3ccc4c(F)c(F)ccc4c3)c(F)c2)cc1. The molecule has 4 aromatic carbocycles. The van der Waals surface area contributed by atoms with E-state index in [1.807, 2.05) is 36.4 Å². The highest BCUT2D eigenvalue weighted by molar-refractivity contribution is 5.84. The molecule has 0 atom stereocenters. The van der Waals surface area contributed by atoms with E-state index in [4.69, 9.17) is 0 Å². The second-order valence-electron chi connectivity index (χ2n) is 7.27. The normalized spacial score (nSPS) is 10.5. The monoisotopic (exact) mass is 412 g/mol. The van der Waals surface area contributed by atoms with Crippen LogP contribution in [0.2, 0.25) is 0 Å². The molecule has 0 aromatic heterocycles. The minimum Gasteiger partial charge on any atom is -0.206 e. The van der Waals surface area contributed by atoms with Gasteiger partial charge in [-0.1, -0.05) is 60.4 Å². The number of aryl methyl sites for hydroxylation is 1. The summed E-state index contributed by atoms with van der Waals surface area (Å²) >= 11 is 0. The Morgan fingerprint density at radius 3 is 2.26 bits per heavy atom. The standard InChI is InChI=1S/C28H19F3/c1-2-3-4-19-5-9-21(10-6-19)23-13-12-22(27(30)18-23)11-7-20-8-15-25-24(17-20)14-16-26(29)28(25)31/h2,5-6,8-10,12-18H,1,3-4H2. The second kappa shape index (κ2) is 8.93. The molecule has 0 N–H and O–H groups in total. The molecule has 0 unspecified atom stereocenters. The Kier molecular flexibility index (Phi) is 5.91. The van der Waals surface area contributed by atoms with Crippen molar-refractivity contribution < 1.29 is 13.2 Å². The Morgan fingerprint density at radius 1 is 0.742 bits per heavy atom. The maximum Gasteiger partial charge on any atom is 0.166 e. The average molecular weight is 412 g/mol. The summed E-state index contributed by atoms with van der Waals surface area (Å²) in [6, 6.07) is 20.3. The highest BCUT2D eigenvalue weighted by Crippen LogP contribution is 2.24. The van der Waals surface area contributed by atoms with Gasteiger partial charge in [0.25, 0.3) is 0 Å². The molecule has 0 heterocycles. The van der Waals surface area contributed by atoms with Crippen molar-refractivity contribution in [3.63, 3.8) is 0 Å². The van der Waals surface area contributed by atoms with Gasteiger partial charge in [0.2, 0.25) is 0 Å². The molecule has 0 nitrogen and oxygen atoms in total. The third-order valence-corrected chi connectivity index (χ3v) is 5.14. The zero-order valence-corrected chi connectivity index (χ0v) is 16.8. The third-order valence-electron chi connectivity index (χ3n) is 5.14. The molecule has 0 spiro atoms. The molecular formula is C28H19F3. The predicted octanol–water partition coefficient (Wildman–Crippen LogP) is 7.44. The van der Waals surface area contributed by atoms with Gasteiger partial charge in [0.15, 0.2) is 11.6 Å². The number of hydrogen-bond donors (Lipinski definition) is 0. The quantitative estimate of drug-likeness (QED) is 0.241. The van der Waals surface area contributed by atoms with Crippen LogP contribution in [0.5, 0.6) is 0 Å². The molecular weight excluding hydrogens is 393 g/mol. The number of allylic oxidation sites excluding steroid dienone is 1. The predicted molar refractivity (Wildman–Crippen MR) is 120 cm³/mol. The fourth-order valence-electron chi connectivity index (χ4n) is 3.41. The van der Waals surface area contributed by atoms with Crippen molar-refractivity contribution in [2.75, 3.05) is 0 Å². The first-order valence-electron chi connectivity index (χ1n) is 9.95. The van der Waals surface area contributed by atoms with Crippen LogP contribution in [0.15, 0.2) is 85.5 Å². The number of benzene rings is 4. The van der Waals surface area contributed by atoms with E-state index >= 15 is 0 Å². The fraction of sp³-hybridized carbons (Fsp3) is 0.0714. The molecule has 152 valence electrons. The third kappa shape index (κ3) is 4.54. The zero-order chi connectivity index (χ0) is 21.8. The molecule has 0 aliphatic carbocycles. The van der Waals surface area contributed by atoms with Crippen LogP contribution in [0.4, 0.5) is 13.2 Å². The van der Waals surface area contributed by atoms with Gasteiger partial charge in [0.05, 0.1) is 5.56 Å². The van der Waals surface area contributed by atoms with Gasteiger partial charge in [-0.05, 0) is 65.3 Å². The lowest BCUT2D eigenvalue weighted by Crippen LogP contribution is -1.88. The van der Waals surface area contributed by atoms with Gasteiger partial charge in [-0.2, -0.15) is 0 Å². The van der Waals surface area contributed by atoms with Crippen LogP contribution in [-0.4, -0.2) is 0 Å². The van der Waals surface area contributed by atoms with Gasteiger partial charge in [-0.3, -0.25) is 0 Å². The summed E-state index contributed by atoms with van der Waals surface area (Å²) < 4.78 is 41.8. The van der Waals surface area contributed by atoms with Crippen LogP contribution in [0.25, 0.3) is 21.9 Å². The molecule has 0 aliphatic rings. The summed E-state index contributed by atoms with van der Waals surface area (Å²) in [6.45, 7) is 3.73. The van der Waals surface area contributed by atoms with Gasteiger partial charge in [0.1, 0.15) is 5.82 Å². The Morgan fingerprint density at radius 2 is 1.52 bits per heavy atom. The molecule has 0 radical (unpaired) electrons. The van der Waals surface area contributed by atoms with Crippen molar-refractivity contribution in [2.24, 2.45) is 0 Å². The van der Waals surface area contributed by atoms with Gasteiger partial charge < -0.3 is 0 Å². The van der Waals surface area contributed by atoms with E-state index in [-0.39, 0.29) is 10.9 Å². The lowest BCUT2D eigenvalue weighted by atomic mass is 10.0. The smallest absolute Gasteiger partial charge is 0.166 e. The minimum atomic E-state index is -0.889. The number of fused-ring (bicyclic) bond motifs is 1. The van der Waals surface area contributed by atoms with Crippen molar-refractivity contribution in [1.29, 1.82) is 0 Å². The molecule has 31 heavy (non-hydrogen) atoms. The Labute approximate surface area is 179 Å². The van der Waals surface area contributed by atoms with Crippen LogP contribution in [-0.2, 0) is 6.42 Å². The molecule has 0 saturated heterocycles. The van der Waals surface area contributed by atoms with E-state index in [1.165, 1.54) is 23.8 Å². The highest BCUT2D eigenvalue weighted by Gasteiger charge is 2.07. The van der Waals surface area contributed by atoms with E-state index in [2.05, 4.69) is 18.4 Å². The summed E-state index contributed by atoms with van der Waals surface area (Å²) in [7, 11) is 0. The molecule has 4 aromatic rings. The van der Waals surface area contributed by atoms with E-state index in [1.54, 1.807) is 18.2 Å². The number of hydrogen-bond acceptors (Lipinski definition) is 0. The number of halogens is 3. The molecule has 3 heteroatoms. The topological polar surface area (TPSA) is 0 Å². The summed E-state index contributed by atoms with van der Waals surface area (Å²) in [5.74, 6) is 3.55. The van der Waals surface area contributed by atoms with Crippen molar-refractivity contribution in [3.8, 4) is 23.0 Å². The molecule has 0 bridgehead atoms. The van der Waals surface area contributed by atoms with Crippen molar-refractivity contribution >= 4 is 10.8 Å². The molecule has 0 amide bonds. The van der Waals surface area contributed by atoms with Crippen LogP contribution >= 0.6 is 0 Å². The van der Waals surface area contributed by atoms with Crippen molar-refractivity contribution in [3.05, 3.63) is 120 Å². The molecule has 0 aliphatic heterocycles. The van der Waals surface area contributed by atoms with Crippen molar-refractivity contribution in [2.45, 2.75) is 12.8 Å². The van der Waals surface area contributed by atoms with Crippen LogP contribution in [0, 0.1) is 29.3 Å². The van der Waals surface area contributed by atoms with Gasteiger partial charge in [-0.25, -0.2) is 13.2 Å². The molecule has 0 saturated carbocycles. The maximum atomic E-state index is 14.6. The van der Waals surface area contributed by atoms with Crippen LogP contribution in [0.3, 0.4) is 0 Å². The zero-order valence-electron chi connectivity index (χ0n) is 16.8. The van der Waals surface area contributed by atoms with E-state index < -0.39 is 17.5 Å². The Bertz CT molecular complexity index is 1320. The largest absolute Gasteiger partial charge is 0.206 e. The minimum absolute atomic E-state index is 0.191. The fourth-order valence-corrected chi connectivity index (χ4v) is 3.41. The second-order valence-corrected chi connectivity index (χ2v) is 7.27. The maximum absolute atomic E-state index is 14.6. The summed E-state index contributed by atoms with van der Waals surface area (Å²) in [4.78, 5) is 0. The van der Waals surface area contributed by atoms with Gasteiger partial charge in [-0.15, -0.1) is 6.58 Å². The van der Waals surface area contributed by atoms with Crippen LogP contribution in [0.1, 0.15) is 23.1 Å². The first-order valence-corrected chi connectivity index (χ1v) is 9.95. The van der Waals surface area contributed by atoms with E-state index in [0.717, 1.165) is 30.0 Å². The summed E-state index contributed by atoms with van der Waals surface area (Å²) in [5, 5.41) is 0.731. The first kappa shape index (κ1) is 20.5. The van der Waals surface area contributed by atoms with Gasteiger partial charge >= 0.3 is 0 Å². The molecule has 4 rings (SSSR count). The lowest BCUT2D eigenvalue weighted by Gasteiger charge is -2.05. The highest BCUT2D eigenvalue weighted by atomic mass is 19.2. The van der Waals surface area contributed by atoms with E-state index in [9.17, 15) is 13.2 Å². The Hall–Kier alpha value is -3.77. The number of rotatable bonds is 4. The van der Waals surface area contributed by atoms with Crippen molar-refractivity contribution in [1.82, 2.24) is 0 Å².